The van der Waals surface area contributed by atoms with E-state index in [2.05, 4.69) is 0 Å². The number of halogens is 3. The van der Waals surface area contributed by atoms with Gasteiger partial charge < -0.3 is 19.8 Å². The first-order chi connectivity index (χ1) is 4.76. The zero-order chi connectivity index (χ0) is 9.23. The molecule has 4 nitrogen and oxygen atoms in total. The third kappa shape index (κ3) is 2.44. The summed E-state index contributed by atoms with van der Waals surface area (Å²) in [5.74, 6) is -9.00. The lowest BCUT2D eigenvalue weighted by atomic mass is 10.1. The number of hydrogen-bond donors (Lipinski definition) is 0. The molecule has 64 valence electrons. The molecule has 7 heteroatoms. The van der Waals surface area contributed by atoms with Gasteiger partial charge in [-0.15, -0.1) is 0 Å². The zero-order valence-electron chi connectivity index (χ0n) is 4.84. The van der Waals surface area contributed by atoms with Crippen molar-refractivity contribution in [3.05, 3.63) is 0 Å². The van der Waals surface area contributed by atoms with Crippen molar-refractivity contribution in [3.8, 4) is 0 Å². The Kier molecular flexibility index (Phi) is 2.45. The highest BCUT2D eigenvalue weighted by Gasteiger charge is 2.41. The van der Waals surface area contributed by atoms with E-state index in [0.29, 0.717) is 0 Å². The van der Waals surface area contributed by atoms with Gasteiger partial charge in [-0.1, -0.05) is 0 Å². The average Bonchev–Trinajstić information content (AvgIpc) is 1.54. The maximum atomic E-state index is 11.4. The summed E-state index contributed by atoms with van der Waals surface area (Å²) >= 11 is 0. The fourth-order valence-corrected chi connectivity index (χ4v) is 0.363. The number of carboxylic acids is 2. The van der Waals surface area contributed by atoms with Crippen molar-refractivity contribution in [1.82, 2.24) is 0 Å². The van der Waals surface area contributed by atoms with Gasteiger partial charge in [0.15, 0.2) is 0 Å². The zero-order valence-corrected chi connectivity index (χ0v) is 4.84. The molecule has 0 amide bonds. The van der Waals surface area contributed by atoms with E-state index in [1.807, 2.05) is 0 Å². The lowest BCUT2D eigenvalue weighted by Gasteiger charge is -2.21. The third-order valence-electron chi connectivity index (χ3n) is 0.799. The Morgan fingerprint density at radius 2 is 1.36 bits per heavy atom. The third-order valence-corrected chi connectivity index (χ3v) is 0.799. The van der Waals surface area contributed by atoms with Gasteiger partial charge in [0.25, 0.3) is 0 Å². The van der Waals surface area contributed by atoms with E-state index >= 15 is 0 Å². The van der Waals surface area contributed by atoms with Gasteiger partial charge >= 0.3 is 6.18 Å². The SMILES string of the molecule is O=C([O-])C(C(=O)[O-])C(F)(F)F. The molecule has 0 atom stereocenters. The molecule has 0 unspecified atom stereocenters. The summed E-state index contributed by atoms with van der Waals surface area (Å²) in [6.07, 6.45) is -5.36. The second kappa shape index (κ2) is 2.77. The number of hydrogen-bond acceptors (Lipinski definition) is 4. The minimum Gasteiger partial charge on any atom is -0.549 e. The number of carboxylic acid groups (broad SMARTS) is 2. The number of alkyl halides is 3. The predicted octanol–water partition coefficient (Wildman–Crippen LogP) is -2.34. The highest BCUT2D eigenvalue weighted by atomic mass is 19.4. The predicted molar refractivity (Wildman–Crippen MR) is 19.6 cm³/mol. The van der Waals surface area contributed by atoms with E-state index in [9.17, 15) is 33.0 Å². The smallest absolute Gasteiger partial charge is 0.402 e. The molecule has 0 aromatic heterocycles. The summed E-state index contributed by atoms with van der Waals surface area (Å²) in [6, 6.07) is 0. The maximum Gasteiger partial charge on any atom is 0.402 e. The van der Waals surface area contributed by atoms with E-state index in [0.717, 1.165) is 0 Å². The molecule has 0 aliphatic heterocycles. The van der Waals surface area contributed by atoms with Crippen LogP contribution in [0.3, 0.4) is 0 Å². The van der Waals surface area contributed by atoms with Crippen LogP contribution in [0.25, 0.3) is 0 Å². The van der Waals surface area contributed by atoms with Crippen molar-refractivity contribution in [2.45, 2.75) is 6.18 Å². The summed E-state index contributed by atoms with van der Waals surface area (Å²) in [5.41, 5.74) is 0. The fourth-order valence-electron chi connectivity index (χ4n) is 0.363. The van der Waals surface area contributed by atoms with Gasteiger partial charge in [0.05, 0.1) is 11.9 Å². The first-order valence-electron chi connectivity index (χ1n) is 2.25. The van der Waals surface area contributed by atoms with E-state index in [-0.39, 0.29) is 0 Å². The largest absolute Gasteiger partial charge is 0.549 e. The Morgan fingerprint density at radius 1 is 1.09 bits per heavy atom. The molecule has 11 heavy (non-hydrogen) atoms. The number of carbonyl (C=O) groups is 2. The highest BCUT2D eigenvalue weighted by molar-refractivity contribution is 5.91. The molecule has 0 saturated heterocycles. The number of rotatable bonds is 2. The first-order valence-corrected chi connectivity index (χ1v) is 2.25. The highest BCUT2D eigenvalue weighted by Crippen LogP contribution is 2.24. The lowest BCUT2D eigenvalue weighted by Crippen LogP contribution is -2.50. The standard InChI is InChI=1S/C4H3F3O4/c5-4(6,7)1(2(8)9)3(10)11/h1H,(H,8,9)(H,10,11)/p-2. The van der Waals surface area contributed by atoms with Crippen LogP contribution in [0.5, 0.6) is 0 Å². The summed E-state index contributed by atoms with van der Waals surface area (Å²) < 4.78 is 34.1. The van der Waals surface area contributed by atoms with Crippen LogP contribution in [0.15, 0.2) is 0 Å². The van der Waals surface area contributed by atoms with E-state index in [4.69, 9.17) is 0 Å². The Labute approximate surface area is 58.2 Å². The molecule has 0 rings (SSSR count). The lowest BCUT2D eigenvalue weighted by molar-refractivity contribution is -0.349. The van der Waals surface area contributed by atoms with Gasteiger partial charge in [0.2, 0.25) is 0 Å². The van der Waals surface area contributed by atoms with Gasteiger partial charge in [-0.3, -0.25) is 0 Å². The van der Waals surface area contributed by atoms with Crippen LogP contribution in [0.1, 0.15) is 0 Å². The second-order valence-corrected chi connectivity index (χ2v) is 1.61. The van der Waals surface area contributed by atoms with Crippen LogP contribution >= 0.6 is 0 Å². The topological polar surface area (TPSA) is 80.3 Å². The maximum absolute atomic E-state index is 11.4. The molecular formula is C4HF3O4-2. The molecule has 0 aliphatic rings. The van der Waals surface area contributed by atoms with Crippen molar-refractivity contribution in [1.29, 1.82) is 0 Å². The Hall–Kier alpha value is -1.27. The van der Waals surface area contributed by atoms with Crippen LogP contribution in [-0.2, 0) is 9.59 Å². The molecule has 0 saturated carbocycles. The molecular weight excluding hydrogens is 169 g/mol. The Morgan fingerprint density at radius 3 is 1.36 bits per heavy atom. The van der Waals surface area contributed by atoms with Gasteiger partial charge in [-0.2, -0.15) is 13.2 Å². The van der Waals surface area contributed by atoms with Gasteiger partial charge in [0.1, 0.15) is 5.92 Å². The molecule has 0 heterocycles. The summed E-state index contributed by atoms with van der Waals surface area (Å²) in [6.45, 7) is 0. The molecule has 0 aliphatic carbocycles. The molecule has 0 bridgehead atoms. The Balaban J connectivity index is 4.63. The summed E-state index contributed by atoms with van der Waals surface area (Å²) in [7, 11) is 0. The van der Waals surface area contributed by atoms with E-state index in [1.165, 1.54) is 0 Å². The summed E-state index contributed by atoms with van der Waals surface area (Å²) in [5, 5.41) is 19.1. The monoisotopic (exact) mass is 170 g/mol. The fraction of sp³-hybridized carbons (Fsp3) is 0.500. The minimum atomic E-state index is -5.36. The van der Waals surface area contributed by atoms with E-state index < -0.39 is 24.0 Å². The van der Waals surface area contributed by atoms with Gasteiger partial charge in [-0.25, -0.2) is 0 Å². The van der Waals surface area contributed by atoms with Gasteiger partial charge in [0, 0.05) is 0 Å². The van der Waals surface area contributed by atoms with Crippen molar-refractivity contribution in [3.63, 3.8) is 0 Å². The number of carbonyl (C=O) groups excluding carboxylic acids is 2. The number of aliphatic carboxylic acids is 2. The van der Waals surface area contributed by atoms with Crippen molar-refractivity contribution in [2.24, 2.45) is 5.92 Å². The van der Waals surface area contributed by atoms with Gasteiger partial charge in [-0.05, 0) is 0 Å². The van der Waals surface area contributed by atoms with Crippen LogP contribution < -0.4 is 10.2 Å². The molecule has 0 aromatic carbocycles. The molecule has 0 radical (unpaired) electrons. The molecule has 0 fully saturated rings. The summed E-state index contributed by atoms with van der Waals surface area (Å²) in [4.78, 5) is 19.1. The normalized spacial score (nSPS) is 11.6. The Bertz CT molecular complexity index is 170. The van der Waals surface area contributed by atoms with E-state index in [1.54, 1.807) is 0 Å². The van der Waals surface area contributed by atoms with Crippen LogP contribution in [0, 0.1) is 5.92 Å². The van der Waals surface area contributed by atoms with Crippen molar-refractivity contribution < 1.29 is 33.0 Å². The first kappa shape index (κ1) is 9.73. The average molecular weight is 170 g/mol. The second-order valence-electron chi connectivity index (χ2n) is 1.61. The van der Waals surface area contributed by atoms with Crippen molar-refractivity contribution in [2.75, 3.05) is 0 Å². The van der Waals surface area contributed by atoms with Crippen LogP contribution in [-0.4, -0.2) is 18.1 Å². The molecule has 0 aromatic rings. The van der Waals surface area contributed by atoms with Crippen LogP contribution in [0.2, 0.25) is 0 Å². The molecule has 0 spiro atoms. The minimum absolute atomic E-state index is 2.72. The quantitative estimate of drug-likeness (QED) is 0.435. The van der Waals surface area contributed by atoms with Crippen molar-refractivity contribution >= 4 is 11.9 Å². The van der Waals surface area contributed by atoms with Crippen LogP contribution in [0.4, 0.5) is 13.2 Å². The molecule has 0 N–H and O–H groups in total.